The van der Waals surface area contributed by atoms with Gasteiger partial charge >= 0.3 is 0 Å². The van der Waals surface area contributed by atoms with Crippen molar-refractivity contribution < 1.29 is 4.42 Å². The van der Waals surface area contributed by atoms with E-state index in [0.29, 0.717) is 0 Å². The van der Waals surface area contributed by atoms with Crippen molar-refractivity contribution in [3.63, 3.8) is 0 Å². The van der Waals surface area contributed by atoms with E-state index < -0.39 is 0 Å². The highest BCUT2D eigenvalue weighted by atomic mass is 16.3. The lowest BCUT2D eigenvalue weighted by Crippen LogP contribution is -2.22. The van der Waals surface area contributed by atoms with Crippen LogP contribution in [0.2, 0.25) is 0 Å². The van der Waals surface area contributed by atoms with Gasteiger partial charge in [0.25, 0.3) is 0 Å². The molecule has 0 aliphatic rings. The number of hydrogen-bond acceptors (Lipinski definition) is 3. The summed E-state index contributed by atoms with van der Waals surface area (Å²) in [4.78, 5) is 4.05. The summed E-state index contributed by atoms with van der Waals surface area (Å²) >= 11 is 0. The SMILES string of the molecule is C[C@H](N[C@H](C)c1ccc(-c2ccncc2)cc1)c1ccco1. The molecule has 0 aliphatic heterocycles. The highest BCUT2D eigenvalue weighted by molar-refractivity contribution is 5.62. The molecule has 3 nitrogen and oxygen atoms in total. The lowest BCUT2D eigenvalue weighted by molar-refractivity contribution is 0.403. The zero-order chi connectivity index (χ0) is 15.4. The van der Waals surface area contributed by atoms with Gasteiger partial charge in [-0.15, -0.1) is 0 Å². The predicted molar refractivity (Wildman–Crippen MR) is 88.3 cm³/mol. The topological polar surface area (TPSA) is 38.1 Å². The fraction of sp³-hybridized carbons (Fsp3) is 0.211. The van der Waals surface area contributed by atoms with E-state index >= 15 is 0 Å². The van der Waals surface area contributed by atoms with Crippen molar-refractivity contribution in [2.45, 2.75) is 25.9 Å². The van der Waals surface area contributed by atoms with Gasteiger partial charge in [-0.25, -0.2) is 0 Å². The maximum Gasteiger partial charge on any atom is 0.120 e. The standard InChI is InChI=1S/C19H20N2O/c1-14(21-15(2)19-4-3-13-22-19)16-5-7-17(8-6-16)18-9-11-20-12-10-18/h3-15,21H,1-2H3/t14-,15+/m1/s1. The van der Waals surface area contributed by atoms with Gasteiger partial charge in [0.05, 0.1) is 12.3 Å². The summed E-state index contributed by atoms with van der Waals surface area (Å²) in [5.41, 5.74) is 3.65. The van der Waals surface area contributed by atoms with Gasteiger partial charge in [-0.2, -0.15) is 0 Å². The highest BCUT2D eigenvalue weighted by Crippen LogP contribution is 2.23. The first-order valence-corrected chi connectivity index (χ1v) is 7.54. The molecule has 2 aromatic heterocycles. The molecule has 1 N–H and O–H groups in total. The molecule has 2 heterocycles. The van der Waals surface area contributed by atoms with Gasteiger partial charge in [-0.05, 0) is 54.8 Å². The summed E-state index contributed by atoms with van der Waals surface area (Å²) < 4.78 is 5.44. The molecule has 0 spiro atoms. The van der Waals surface area contributed by atoms with Crippen LogP contribution in [0.5, 0.6) is 0 Å². The smallest absolute Gasteiger partial charge is 0.120 e. The summed E-state index contributed by atoms with van der Waals surface area (Å²) in [6.07, 6.45) is 5.35. The molecular formula is C19H20N2O. The number of aromatic nitrogens is 1. The third kappa shape index (κ3) is 3.26. The zero-order valence-electron chi connectivity index (χ0n) is 12.9. The van der Waals surface area contributed by atoms with Crippen molar-refractivity contribution in [2.24, 2.45) is 0 Å². The summed E-state index contributed by atoms with van der Waals surface area (Å²) in [7, 11) is 0. The number of benzene rings is 1. The van der Waals surface area contributed by atoms with Crippen molar-refractivity contribution in [2.75, 3.05) is 0 Å². The normalized spacial score (nSPS) is 13.7. The molecule has 0 amide bonds. The average molecular weight is 292 g/mol. The van der Waals surface area contributed by atoms with E-state index in [9.17, 15) is 0 Å². The molecule has 0 unspecified atom stereocenters. The summed E-state index contributed by atoms with van der Waals surface area (Å²) in [6.45, 7) is 4.28. The quantitative estimate of drug-likeness (QED) is 0.737. The lowest BCUT2D eigenvalue weighted by Gasteiger charge is -2.19. The highest BCUT2D eigenvalue weighted by Gasteiger charge is 2.13. The van der Waals surface area contributed by atoms with Crippen LogP contribution in [0.15, 0.2) is 71.6 Å². The molecule has 3 heteroatoms. The van der Waals surface area contributed by atoms with E-state index in [1.807, 2.05) is 36.7 Å². The molecule has 0 aliphatic carbocycles. The van der Waals surface area contributed by atoms with Crippen LogP contribution in [0.3, 0.4) is 0 Å². The number of furan rings is 1. The molecule has 3 rings (SSSR count). The van der Waals surface area contributed by atoms with Gasteiger partial charge in [-0.1, -0.05) is 24.3 Å². The van der Waals surface area contributed by atoms with Crippen LogP contribution < -0.4 is 5.32 Å². The van der Waals surface area contributed by atoms with Gasteiger partial charge in [-0.3, -0.25) is 4.98 Å². The largest absolute Gasteiger partial charge is 0.468 e. The Morgan fingerprint density at radius 1 is 0.864 bits per heavy atom. The Hall–Kier alpha value is -2.39. The fourth-order valence-electron chi connectivity index (χ4n) is 2.60. The van der Waals surface area contributed by atoms with E-state index in [4.69, 9.17) is 4.42 Å². The maximum absolute atomic E-state index is 5.44. The minimum Gasteiger partial charge on any atom is -0.468 e. The second-order valence-electron chi connectivity index (χ2n) is 5.48. The third-order valence-corrected chi connectivity index (χ3v) is 3.89. The molecule has 1 aromatic carbocycles. The molecule has 2 atom stereocenters. The molecule has 0 saturated heterocycles. The van der Waals surface area contributed by atoms with Gasteiger partial charge in [0, 0.05) is 18.4 Å². The predicted octanol–water partition coefficient (Wildman–Crippen LogP) is 4.75. The Kier molecular flexibility index (Phi) is 4.35. The molecule has 3 aromatic rings. The van der Waals surface area contributed by atoms with E-state index in [0.717, 1.165) is 5.76 Å². The first kappa shape index (κ1) is 14.5. The Balaban J connectivity index is 1.70. The second kappa shape index (κ2) is 6.58. The van der Waals surface area contributed by atoms with Crippen LogP contribution in [0.1, 0.15) is 37.3 Å². The second-order valence-corrected chi connectivity index (χ2v) is 5.48. The summed E-state index contributed by atoms with van der Waals surface area (Å²) in [5, 5.41) is 3.55. The molecule has 22 heavy (non-hydrogen) atoms. The monoisotopic (exact) mass is 292 g/mol. The number of rotatable bonds is 5. The Labute approximate surface area is 131 Å². The van der Waals surface area contributed by atoms with Crippen LogP contribution in [-0.2, 0) is 0 Å². The number of pyridine rings is 1. The summed E-state index contributed by atoms with van der Waals surface area (Å²) in [5.74, 6) is 0.959. The zero-order valence-corrected chi connectivity index (χ0v) is 12.9. The summed E-state index contributed by atoms with van der Waals surface area (Å²) in [6, 6.07) is 17.0. The van der Waals surface area contributed by atoms with Crippen LogP contribution in [-0.4, -0.2) is 4.98 Å². The average Bonchev–Trinajstić information content (AvgIpc) is 3.10. The van der Waals surface area contributed by atoms with Crippen molar-refractivity contribution in [1.29, 1.82) is 0 Å². The van der Waals surface area contributed by atoms with Crippen molar-refractivity contribution in [3.8, 4) is 11.1 Å². The Morgan fingerprint density at radius 2 is 1.55 bits per heavy atom. The minimum absolute atomic E-state index is 0.185. The fourth-order valence-corrected chi connectivity index (χ4v) is 2.60. The first-order valence-electron chi connectivity index (χ1n) is 7.54. The minimum atomic E-state index is 0.185. The van der Waals surface area contributed by atoms with Crippen molar-refractivity contribution in [1.82, 2.24) is 10.3 Å². The van der Waals surface area contributed by atoms with Crippen LogP contribution >= 0.6 is 0 Å². The van der Waals surface area contributed by atoms with Gasteiger partial charge in [0.2, 0.25) is 0 Å². The van der Waals surface area contributed by atoms with Gasteiger partial charge in [0.1, 0.15) is 5.76 Å². The number of hydrogen-bond donors (Lipinski definition) is 1. The molecule has 0 bridgehead atoms. The molecular weight excluding hydrogens is 272 g/mol. The number of nitrogens with one attached hydrogen (secondary N) is 1. The van der Waals surface area contributed by atoms with Crippen molar-refractivity contribution >= 4 is 0 Å². The Bertz CT molecular complexity index is 690. The van der Waals surface area contributed by atoms with Gasteiger partial charge in [0.15, 0.2) is 0 Å². The van der Waals surface area contributed by atoms with Crippen molar-refractivity contribution in [3.05, 3.63) is 78.5 Å². The molecule has 0 fully saturated rings. The van der Waals surface area contributed by atoms with E-state index in [2.05, 4.69) is 48.4 Å². The third-order valence-electron chi connectivity index (χ3n) is 3.89. The van der Waals surface area contributed by atoms with Gasteiger partial charge < -0.3 is 9.73 Å². The first-order chi connectivity index (χ1) is 10.7. The van der Waals surface area contributed by atoms with E-state index in [1.54, 1.807) is 6.26 Å². The lowest BCUT2D eigenvalue weighted by atomic mass is 10.0. The molecule has 112 valence electrons. The van der Waals surface area contributed by atoms with Crippen LogP contribution in [0.25, 0.3) is 11.1 Å². The molecule has 0 saturated carbocycles. The van der Waals surface area contributed by atoms with Crippen LogP contribution in [0.4, 0.5) is 0 Å². The Morgan fingerprint density at radius 3 is 2.18 bits per heavy atom. The molecule has 0 radical (unpaired) electrons. The van der Waals surface area contributed by atoms with Crippen LogP contribution in [0, 0.1) is 0 Å². The maximum atomic E-state index is 5.44. The van der Waals surface area contributed by atoms with E-state index in [1.165, 1.54) is 16.7 Å². The number of nitrogens with zero attached hydrogens (tertiary/aromatic N) is 1. The van der Waals surface area contributed by atoms with E-state index in [-0.39, 0.29) is 12.1 Å².